The molecule has 2 N–H and O–H groups in total. The van der Waals surface area contributed by atoms with Gasteiger partial charge in [0.1, 0.15) is 22.7 Å². The quantitative estimate of drug-likeness (QED) is 0.243. The van der Waals surface area contributed by atoms with Gasteiger partial charge in [-0.2, -0.15) is 15.3 Å². The number of nitrogen functional groups attached to an aromatic ring is 1. The number of anilines is 3. The smallest absolute Gasteiger partial charge is 0.273 e. The van der Waals surface area contributed by atoms with Crippen LogP contribution in [-0.2, 0) is 30.9 Å². The van der Waals surface area contributed by atoms with E-state index >= 15 is 0 Å². The van der Waals surface area contributed by atoms with Gasteiger partial charge in [0, 0.05) is 93.6 Å². The lowest BCUT2D eigenvalue weighted by Crippen LogP contribution is -2.43. The molecule has 3 aromatic heterocycles. The first-order valence-electron chi connectivity index (χ1n) is 14.8. The minimum atomic E-state index is -0.436. The van der Waals surface area contributed by atoms with E-state index in [2.05, 4.69) is 46.9 Å². The Kier molecular flexibility index (Phi) is 8.00. The Bertz CT molecular complexity index is 1840. The zero-order valence-electron chi connectivity index (χ0n) is 25.0. The Morgan fingerprint density at radius 3 is 2.73 bits per heavy atom. The van der Waals surface area contributed by atoms with Crippen LogP contribution in [0, 0.1) is 17.1 Å². The number of rotatable bonds is 4. The van der Waals surface area contributed by atoms with E-state index in [1.165, 1.54) is 11.0 Å². The van der Waals surface area contributed by atoms with Crippen LogP contribution >= 0.6 is 34.2 Å². The fraction of sp³-hybridized carbons (Fsp3) is 0.433. The lowest BCUT2D eigenvalue weighted by atomic mass is 9.95. The second-order valence-electron chi connectivity index (χ2n) is 11.7. The third kappa shape index (κ3) is 5.47. The third-order valence-electron chi connectivity index (χ3n) is 8.62. The summed E-state index contributed by atoms with van der Waals surface area (Å²) < 4.78 is 25.8. The number of nitriles is 1. The van der Waals surface area contributed by atoms with Crippen molar-refractivity contribution in [2.24, 2.45) is 0 Å². The number of piperazine rings is 1. The molecule has 45 heavy (non-hydrogen) atoms. The normalized spacial score (nSPS) is 18.8. The second-order valence-corrected chi connectivity index (χ2v) is 14.1. The molecule has 1 atom stereocenters. The Hall–Kier alpha value is -3.59. The van der Waals surface area contributed by atoms with Gasteiger partial charge >= 0.3 is 0 Å². The van der Waals surface area contributed by atoms with Crippen LogP contribution in [0.4, 0.5) is 21.2 Å². The summed E-state index contributed by atoms with van der Waals surface area (Å²) in [4.78, 5) is 28.9. The first-order chi connectivity index (χ1) is 21.7. The molecule has 0 saturated carbocycles. The molecule has 12 nitrogen and oxygen atoms in total. The van der Waals surface area contributed by atoms with Crippen molar-refractivity contribution in [1.82, 2.24) is 27.8 Å². The maximum atomic E-state index is 14.8. The van der Waals surface area contributed by atoms with Gasteiger partial charge in [0.05, 0.1) is 40.9 Å². The van der Waals surface area contributed by atoms with E-state index < -0.39 is 11.9 Å². The van der Waals surface area contributed by atoms with E-state index in [1.54, 1.807) is 20.2 Å². The molecule has 0 aliphatic carbocycles. The topological polar surface area (TPSA) is 133 Å². The van der Waals surface area contributed by atoms with Crippen LogP contribution in [0.15, 0.2) is 18.2 Å². The maximum absolute atomic E-state index is 14.8. The number of amides is 1. The van der Waals surface area contributed by atoms with Crippen LogP contribution < -0.4 is 15.5 Å². The Balaban J connectivity index is 1.28. The number of benzene rings is 1. The van der Waals surface area contributed by atoms with E-state index in [0.29, 0.717) is 46.2 Å². The van der Waals surface area contributed by atoms with E-state index in [4.69, 9.17) is 20.4 Å². The summed E-state index contributed by atoms with van der Waals surface area (Å²) in [5.74, 6) is 0.971. The zero-order chi connectivity index (χ0) is 31.4. The predicted molar refractivity (Wildman–Crippen MR) is 178 cm³/mol. The second kappa shape index (κ2) is 12.0. The lowest BCUT2D eigenvalue weighted by Gasteiger charge is -2.35. The number of halogens is 2. The minimum Gasteiger partial charge on any atom is -0.389 e. The van der Waals surface area contributed by atoms with Crippen LogP contribution in [0.5, 0.6) is 0 Å². The molecule has 1 aromatic carbocycles. The first kappa shape index (κ1) is 30.1. The van der Waals surface area contributed by atoms with Gasteiger partial charge in [-0.05, 0) is 24.1 Å². The monoisotopic (exact) mass is 742 g/mol. The van der Waals surface area contributed by atoms with Gasteiger partial charge in [-0.1, -0.05) is 6.07 Å². The molecule has 1 saturated heterocycles. The minimum absolute atomic E-state index is 0.125. The number of carbonyl (C=O) groups is 1. The zero-order valence-corrected chi connectivity index (χ0v) is 27.9. The molecule has 1 fully saturated rings. The van der Waals surface area contributed by atoms with Crippen molar-refractivity contribution in [3.63, 3.8) is 0 Å². The molecule has 3 aliphatic heterocycles. The van der Waals surface area contributed by atoms with Gasteiger partial charge < -0.3 is 25.2 Å². The molecule has 3 aliphatic rings. The molecule has 0 spiro atoms. The number of fused-ring (bicyclic) bond motifs is 3. The summed E-state index contributed by atoms with van der Waals surface area (Å²) >= 11 is 3.44. The highest BCUT2D eigenvalue weighted by atomic mass is 127. The highest BCUT2D eigenvalue weighted by Crippen LogP contribution is 2.43. The summed E-state index contributed by atoms with van der Waals surface area (Å²) in [6.07, 6.45) is 0.840. The average molecular weight is 743 g/mol. The summed E-state index contributed by atoms with van der Waals surface area (Å²) in [6, 6.07) is 7.17. The maximum Gasteiger partial charge on any atom is 0.273 e. The van der Waals surface area contributed by atoms with Crippen molar-refractivity contribution < 1.29 is 13.9 Å². The molecule has 6 heterocycles. The molecule has 7 rings (SSSR count). The molecule has 1 amide bonds. The van der Waals surface area contributed by atoms with Crippen molar-refractivity contribution in [2.45, 2.75) is 38.6 Å². The van der Waals surface area contributed by atoms with E-state index in [0.717, 1.165) is 78.8 Å². The Labute approximate surface area is 277 Å². The van der Waals surface area contributed by atoms with Crippen LogP contribution in [0.25, 0.3) is 10.1 Å². The fourth-order valence-corrected chi connectivity index (χ4v) is 7.68. The van der Waals surface area contributed by atoms with Gasteiger partial charge in [0.15, 0.2) is 5.69 Å². The van der Waals surface area contributed by atoms with Gasteiger partial charge in [-0.15, -0.1) is 11.3 Å². The van der Waals surface area contributed by atoms with E-state index in [9.17, 15) is 14.4 Å². The summed E-state index contributed by atoms with van der Waals surface area (Å²) in [7, 11) is 3.45. The number of aromatic nitrogens is 4. The molecule has 0 bridgehead atoms. The highest BCUT2D eigenvalue weighted by Gasteiger charge is 2.33. The van der Waals surface area contributed by atoms with Crippen LogP contribution in [-0.4, -0.2) is 80.5 Å². The SMILES string of the molecule is CN(C)C(=O)c1cc2n(n1)CCCN(c1nc(N3CCN(I)CC3)nc3c1CO[C@H](c1ccc(F)c4sc(N)c(C#N)c14)C3)C2. The van der Waals surface area contributed by atoms with Crippen molar-refractivity contribution in [1.29, 1.82) is 5.26 Å². The molecule has 0 radical (unpaired) electrons. The van der Waals surface area contributed by atoms with Gasteiger partial charge in [0.2, 0.25) is 5.95 Å². The third-order valence-corrected chi connectivity index (χ3v) is 10.6. The number of hydrogen-bond donors (Lipinski definition) is 1. The van der Waals surface area contributed by atoms with Crippen molar-refractivity contribution >= 4 is 67.0 Å². The van der Waals surface area contributed by atoms with Crippen LogP contribution in [0.3, 0.4) is 0 Å². The number of carbonyl (C=O) groups excluding carboxylic acids is 1. The number of nitrogens with two attached hydrogens (primary N) is 1. The fourth-order valence-electron chi connectivity index (χ4n) is 6.29. The highest BCUT2D eigenvalue weighted by molar-refractivity contribution is 14.1. The molecule has 234 valence electrons. The molecule has 4 aromatic rings. The molecular weight excluding hydrogens is 710 g/mol. The number of aryl methyl sites for hydroxylation is 1. The standard InChI is InChI=1S/C30H32FIN10O2S/c1-38(2)29(43)23-12-17-15-40(6-3-7-42(17)37-23)28-20-16-44-24(13-22(20)35-30(36-28)39-8-10-41(32)11-9-39)18-4-5-21(31)26-25(18)19(14-33)27(34)45-26/h4-5,12,24H,3,6-11,13,15-16,34H2,1-2H3/t24-/m0/s1. The summed E-state index contributed by atoms with van der Waals surface area (Å²) in [5, 5.41) is 15.3. The van der Waals surface area contributed by atoms with Crippen LogP contribution in [0.1, 0.15) is 51.1 Å². The van der Waals surface area contributed by atoms with Gasteiger partial charge in [-0.3, -0.25) is 9.48 Å². The first-order valence-corrected chi connectivity index (χ1v) is 16.6. The Morgan fingerprint density at radius 2 is 1.98 bits per heavy atom. The Morgan fingerprint density at radius 1 is 1.18 bits per heavy atom. The van der Waals surface area contributed by atoms with Crippen molar-refractivity contribution in [3.8, 4) is 6.07 Å². The predicted octanol–water partition coefficient (Wildman–Crippen LogP) is 3.88. The van der Waals surface area contributed by atoms with E-state index in [1.807, 2.05) is 10.7 Å². The van der Waals surface area contributed by atoms with Gasteiger partial charge in [0.25, 0.3) is 5.91 Å². The van der Waals surface area contributed by atoms with Crippen molar-refractivity contribution in [2.75, 3.05) is 62.4 Å². The largest absolute Gasteiger partial charge is 0.389 e. The lowest BCUT2D eigenvalue weighted by molar-refractivity contribution is 0.0269. The molecule has 0 unspecified atom stereocenters. The number of ether oxygens (including phenoxy) is 1. The van der Waals surface area contributed by atoms with Crippen molar-refractivity contribution in [3.05, 3.63) is 57.8 Å². The van der Waals surface area contributed by atoms with Gasteiger partial charge in [-0.25, -0.2) is 12.5 Å². The molecular formula is C30H32FIN10O2S. The van der Waals surface area contributed by atoms with Crippen LogP contribution in [0.2, 0.25) is 0 Å². The number of nitrogens with zero attached hydrogens (tertiary/aromatic N) is 9. The number of hydrogen-bond acceptors (Lipinski definition) is 11. The average Bonchev–Trinajstić information content (AvgIpc) is 3.53. The molecule has 15 heteroatoms. The number of thiophene rings is 1. The summed E-state index contributed by atoms with van der Waals surface area (Å²) in [6.45, 7) is 5.68. The van der Waals surface area contributed by atoms with E-state index in [-0.39, 0.29) is 18.1 Å². The summed E-state index contributed by atoms with van der Waals surface area (Å²) in [5.41, 5.74) is 10.3.